The Balaban J connectivity index is 2.07. The number of aromatic nitrogens is 2. The van der Waals surface area contributed by atoms with E-state index in [1.165, 1.54) is 30.7 Å². The van der Waals surface area contributed by atoms with Gasteiger partial charge in [-0.05, 0) is 31.2 Å². The quantitative estimate of drug-likeness (QED) is 0.897. The van der Waals surface area contributed by atoms with Crippen molar-refractivity contribution >= 4 is 11.3 Å². The summed E-state index contributed by atoms with van der Waals surface area (Å²) in [6.45, 7) is 5.49. The van der Waals surface area contributed by atoms with Crippen molar-refractivity contribution in [2.45, 2.75) is 58.3 Å². The summed E-state index contributed by atoms with van der Waals surface area (Å²) in [4.78, 5) is 0. The summed E-state index contributed by atoms with van der Waals surface area (Å²) in [5.74, 6) is 0.611. The first-order valence-corrected chi connectivity index (χ1v) is 7.47. The Hall–Kier alpha value is -0.480. The third-order valence-corrected chi connectivity index (χ3v) is 4.98. The van der Waals surface area contributed by atoms with Gasteiger partial charge in [-0.1, -0.05) is 26.7 Å². The predicted octanol–water partition coefficient (Wildman–Crippen LogP) is 3.11. The van der Waals surface area contributed by atoms with Crippen LogP contribution < -0.4 is 5.73 Å². The smallest absolute Gasteiger partial charge is 0.121 e. The zero-order valence-corrected chi connectivity index (χ0v) is 11.7. The number of hydrogen-bond donors (Lipinski definition) is 1. The number of nitrogens with two attached hydrogens (primary N) is 1. The number of aryl methyl sites for hydroxylation is 1. The summed E-state index contributed by atoms with van der Waals surface area (Å²) >= 11 is 1.80. The number of nitrogens with zero attached hydrogens (tertiary/aromatic N) is 2. The zero-order valence-electron chi connectivity index (χ0n) is 10.9. The highest BCUT2D eigenvalue weighted by Crippen LogP contribution is 2.47. The van der Waals surface area contributed by atoms with E-state index in [-0.39, 0.29) is 0 Å². The summed E-state index contributed by atoms with van der Waals surface area (Å²) < 4.78 is 0. The van der Waals surface area contributed by atoms with E-state index in [1.807, 2.05) is 0 Å². The van der Waals surface area contributed by atoms with Crippen molar-refractivity contribution in [3.63, 3.8) is 0 Å². The number of hydrogen-bond acceptors (Lipinski definition) is 4. The van der Waals surface area contributed by atoms with E-state index in [4.69, 9.17) is 5.73 Å². The largest absolute Gasteiger partial charge is 0.330 e. The molecule has 1 aliphatic rings. The van der Waals surface area contributed by atoms with Crippen molar-refractivity contribution in [3.05, 3.63) is 10.0 Å². The highest BCUT2D eigenvalue weighted by molar-refractivity contribution is 7.11. The van der Waals surface area contributed by atoms with Gasteiger partial charge in [0.1, 0.15) is 10.0 Å². The molecule has 1 saturated carbocycles. The molecule has 96 valence electrons. The average Bonchev–Trinajstić information content (AvgIpc) is 2.74. The van der Waals surface area contributed by atoms with E-state index >= 15 is 0 Å². The van der Waals surface area contributed by atoms with Crippen molar-refractivity contribution in [1.29, 1.82) is 0 Å². The van der Waals surface area contributed by atoms with Gasteiger partial charge in [0.05, 0.1) is 0 Å². The molecule has 1 aromatic heterocycles. The van der Waals surface area contributed by atoms with Crippen LogP contribution in [0.15, 0.2) is 0 Å². The molecule has 1 atom stereocenters. The van der Waals surface area contributed by atoms with Gasteiger partial charge in [0.2, 0.25) is 0 Å². The molecular formula is C13H23N3S. The lowest BCUT2D eigenvalue weighted by Crippen LogP contribution is -2.25. The topological polar surface area (TPSA) is 51.8 Å². The lowest BCUT2D eigenvalue weighted by Gasteiger charge is -2.37. The van der Waals surface area contributed by atoms with Crippen molar-refractivity contribution < 1.29 is 0 Å². The van der Waals surface area contributed by atoms with Crippen molar-refractivity contribution in [2.24, 2.45) is 11.1 Å². The first kappa shape index (κ1) is 13.0. The maximum Gasteiger partial charge on any atom is 0.121 e. The number of rotatable bonds is 4. The standard InChI is InChI=1S/C13H23N3S/c1-13(2)8-4-3-6-10(13)12-16-15-11(17-12)7-5-9-14/h10H,3-9,14H2,1-2H3. The maximum atomic E-state index is 5.53. The molecule has 0 aromatic carbocycles. The Morgan fingerprint density at radius 3 is 2.88 bits per heavy atom. The minimum Gasteiger partial charge on any atom is -0.330 e. The Labute approximate surface area is 108 Å². The minimum absolute atomic E-state index is 0.392. The normalized spacial score (nSPS) is 23.8. The first-order valence-electron chi connectivity index (χ1n) is 6.66. The van der Waals surface area contributed by atoms with Crippen LogP contribution in [0.1, 0.15) is 61.9 Å². The molecule has 1 fully saturated rings. The molecule has 0 bridgehead atoms. The van der Waals surface area contributed by atoms with Gasteiger partial charge in [-0.25, -0.2) is 0 Å². The summed E-state index contributed by atoms with van der Waals surface area (Å²) in [5, 5.41) is 11.1. The molecule has 2 N–H and O–H groups in total. The van der Waals surface area contributed by atoms with Crippen molar-refractivity contribution in [3.8, 4) is 0 Å². The van der Waals surface area contributed by atoms with E-state index in [2.05, 4.69) is 24.0 Å². The second-order valence-electron chi connectivity index (χ2n) is 5.71. The summed E-state index contributed by atoms with van der Waals surface area (Å²) in [5.41, 5.74) is 5.92. The average molecular weight is 253 g/mol. The van der Waals surface area contributed by atoms with E-state index in [1.54, 1.807) is 11.3 Å². The van der Waals surface area contributed by atoms with Gasteiger partial charge >= 0.3 is 0 Å². The molecule has 4 heteroatoms. The zero-order chi connectivity index (χ0) is 12.3. The Morgan fingerprint density at radius 2 is 2.18 bits per heavy atom. The van der Waals surface area contributed by atoms with Gasteiger partial charge in [0.25, 0.3) is 0 Å². The van der Waals surface area contributed by atoms with Crippen LogP contribution in [-0.4, -0.2) is 16.7 Å². The van der Waals surface area contributed by atoms with Gasteiger partial charge < -0.3 is 5.73 Å². The molecule has 3 nitrogen and oxygen atoms in total. The Kier molecular flexibility index (Phi) is 4.15. The molecule has 1 aromatic rings. The van der Waals surface area contributed by atoms with E-state index in [0.717, 1.165) is 24.4 Å². The molecule has 0 radical (unpaired) electrons. The third kappa shape index (κ3) is 3.05. The fraction of sp³-hybridized carbons (Fsp3) is 0.846. The van der Waals surface area contributed by atoms with E-state index < -0.39 is 0 Å². The SMILES string of the molecule is CC1(C)CCCCC1c1nnc(CCCN)s1. The van der Waals surface area contributed by atoms with E-state index in [0.29, 0.717) is 11.3 Å². The first-order chi connectivity index (χ1) is 8.13. The highest BCUT2D eigenvalue weighted by atomic mass is 32.1. The Bertz CT molecular complexity index is 359. The van der Waals surface area contributed by atoms with Crippen LogP contribution in [-0.2, 0) is 6.42 Å². The van der Waals surface area contributed by atoms with Gasteiger partial charge in [0.15, 0.2) is 0 Å². The molecular weight excluding hydrogens is 230 g/mol. The third-order valence-electron chi connectivity index (χ3n) is 3.88. The van der Waals surface area contributed by atoms with Crippen LogP contribution in [0.2, 0.25) is 0 Å². The van der Waals surface area contributed by atoms with E-state index in [9.17, 15) is 0 Å². The monoisotopic (exact) mass is 253 g/mol. The van der Waals surface area contributed by atoms with Crippen molar-refractivity contribution in [1.82, 2.24) is 10.2 Å². The Morgan fingerprint density at radius 1 is 1.35 bits per heavy atom. The summed E-state index contributed by atoms with van der Waals surface area (Å²) in [6, 6.07) is 0. The summed E-state index contributed by atoms with van der Waals surface area (Å²) in [6.07, 6.45) is 7.30. The summed E-state index contributed by atoms with van der Waals surface area (Å²) in [7, 11) is 0. The molecule has 17 heavy (non-hydrogen) atoms. The molecule has 0 spiro atoms. The molecule has 1 aliphatic carbocycles. The fourth-order valence-electron chi connectivity index (χ4n) is 2.71. The maximum absolute atomic E-state index is 5.53. The van der Waals surface area contributed by atoms with Crippen LogP contribution in [0, 0.1) is 5.41 Å². The molecule has 2 rings (SSSR count). The lowest BCUT2D eigenvalue weighted by molar-refractivity contribution is 0.198. The van der Waals surface area contributed by atoms with Crippen LogP contribution in [0.25, 0.3) is 0 Å². The molecule has 0 aliphatic heterocycles. The molecule has 0 saturated heterocycles. The molecule has 0 amide bonds. The van der Waals surface area contributed by atoms with Crippen LogP contribution >= 0.6 is 11.3 Å². The van der Waals surface area contributed by atoms with Crippen LogP contribution in [0.5, 0.6) is 0 Å². The highest BCUT2D eigenvalue weighted by Gasteiger charge is 2.35. The predicted molar refractivity (Wildman–Crippen MR) is 72.3 cm³/mol. The van der Waals surface area contributed by atoms with Gasteiger partial charge in [0, 0.05) is 12.3 Å². The lowest BCUT2D eigenvalue weighted by atomic mass is 9.69. The van der Waals surface area contributed by atoms with Crippen molar-refractivity contribution in [2.75, 3.05) is 6.54 Å². The fourth-order valence-corrected chi connectivity index (χ4v) is 3.94. The second-order valence-corrected chi connectivity index (χ2v) is 6.81. The van der Waals surface area contributed by atoms with Gasteiger partial charge in [-0.2, -0.15) is 0 Å². The van der Waals surface area contributed by atoms with Gasteiger partial charge in [-0.3, -0.25) is 0 Å². The van der Waals surface area contributed by atoms with Gasteiger partial charge in [-0.15, -0.1) is 21.5 Å². The molecule has 1 heterocycles. The second kappa shape index (κ2) is 5.44. The minimum atomic E-state index is 0.392. The van der Waals surface area contributed by atoms with Crippen LogP contribution in [0.3, 0.4) is 0 Å². The van der Waals surface area contributed by atoms with Crippen LogP contribution in [0.4, 0.5) is 0 Å². The molecule has 1 unspecified atom stereocenters.